The van der Waals surface area contributed by atoms with Crippen LogP contribution in [0.5, 0.6) is 0 Å². The molecular formula is C11H22N2OS. The molecule has 0 aromatic carbocycles. The van der Waals surface area contributed by atoms with Crippen LogP contribution < -0.4 is 5.32 Å². The number of thioether (sulfide) groups is 1. The van der Waals surface area contributed by atoms with E-state index in [0.29, 0.717) is 17.8 Å². The van der Waals surface area contributed by atoms with Crippen LogP contribution in [0.15, 0.2) is 0 Å². The van der Waals surface area contributed by atoms with Gasteiger partial charge < -0.3 is 10.2 Å². The molecule has 88 valence electrons. The second kappa shape index (κ2) is 6.38. The summed E-state index contributed by atoms with van der Waals surface area (Å²) in [7, 11) is 0. The van der Waals surface area contributed by atoms with E-state index in [9.17, 15) is 4.79 Å². The molecule has 0 spiro atoms. The normalized spacial score (nSPS) is 25.5. The Morgan fingerprint density at radius 1 is 1.47 bits per heavy atom. The van der Waals surface area contributed by atoms with Crippen molar-refractivity contribution in [2.24, 2.45) is 0 Å². The lowest BCUT2D eigenvalue weighted by molar-refractivity contribution is -0.129. The summed E-state index contributed by atoms with van der Waals surface area (Å²) in [4.78, 5) is 13.6. The Bertz CT molecular complexity index is 207. The van der Waals surface area contributed by atoms with Crippen LogP contribution in [-0.2, 0) is 4.79 Å². The van der Waals surface area contributed by atoms with Gasteiger partial charge in [-0.05, 0) is 26.0 Å². The first-order chi connectivity index (χ1) is 7.19. The molecule has 2 atom stereocenters. The quantitative estimate of drug-likeness (QED) is 0.773. The number of nitrogens with one attached hydrogen (secondary N) is 1. The fraction of sp³-hybridized carbons (Fsp3) is 0.909. The molecule has 3 nitrogen and oxygen atoms in total. The zero-order valence-electron chi connectivity index (χ0n) is 9.95. The molecule has 1 aliphatic heterocycles. The van der Waals surface area contributed by atoms with Crippen LogP contribution in [-0.4, -0.2) is 47.5 Å². The molecule has 1 amide bonds. The summed E-state index contributed by atoms with van der Waals surface area (Å²) >= 11 is 1.99. The fourth-order valence-corrected chi connectivity index (χ4v) is 3.13. The fourth-order valence-electron chi connectivity index (χ4n) is 1.91. The predicted molar refractivity (Wildman–Crippen MR) is 66.3 cm³/mol. The van der Waals surface area contributed by atoms with E-state index in [1.807, 2.05) is 30.5 Å². The van der Waals surface area contributed by atoms with Gasteiger partial charge in [0.15, 0.2) is 0 Å². The van der Waals surface area contributed by atoms with Gasteiger partial charge in [-0.15, -0.1) is 0 Å². The molecule has 0 saturated carbocycles. The topological polar surface area (TPSA) is 32.3 Å². The van der Waals surface area contributed by atoms with Crippen molar-refractivity contribution in [3.05, 3.63) is 0 Å². The number of hydrogen-bond acceptors (Lipinski definition) is 3. The summed E-state index contributed by atoms with van der Waals surface area (Å²) in [5.41, 5.74) is 0. The van der Waals surface area contributed by atoms with Crippen LogP contribution in [0.4, 0.5) is 0 Å². The number of amides is 1. The lowest BCUT2D eigenvalue weighted by Crippen LogP contribution is -2.43. The maximum Gasteiger partial charge on any atom is 0.236 e. The van der Waals surface area contributed by atoms with Crippen LogP contribution >= 0.6 is 11.8 Å². The molecule has 1 saturated heterocycles. The SMILES string of the molecule is CCN(CC)C(=O)CNC1CCSC1C. The van der Waals surface area contributed by atoms with Crippen LogP contribution in [0, 0.1) is 0 Å². The lowest BCUT2D eigenvalue weighted by Gasteiger charge is -2.21. The van der Waals surface area contributed by atoms with Crippen molar-refractivity contribution in [2.45, 2.75) is 38.5 Å². The largest absolute Gasteiger partial charge is 0.342 e. The van der Waals surface area contributed by atoms with E-state index in [1.165, 1.54) is 12.2 Å². The molecule has 1 rings (SSSR count). The van der Waals surface area contributed by atoms with E-state index in [1.54, 1.807) is 0 Å². The average Bonchev–Trinajstić information content (AvgIpc) is 2.63. The molecule has 0 aromatic heterocycles. The standard InChI is InChI=1S/C11H22N2OS/c1-4-13(5-2)11(14)8-12-10-6-7-15-9(10)3/h9-10,12H,4-8H2,1-3H3. The highest BCUT2D eigenvalue weighted by atomic mass is 32.2. The summed E-state index contributed by atoms with van der Waals surface area (Å²) in [6.45, 7) is 8.40. The second-order valence-electron chi connectivity index (χ2n) is 3.92. The highest BCUT2D eigenvalue weighted by Crippen LogP contribution is 2.25. The average molecular weight is 230 g/mol. The molecule has 1 aliphatic rings. The Labute approximate surface area is 97.0 Å². The first-order valence-corrected chi connectivity index (χ1v) is 6.86. The Kier molecular flexibility index (Phi) is 5.47. The van der Waals surface area contributed by atoms with E-state index < -0.39 is 0 Å². The molecule has 1 N–H and O–H groups in total. The van der Waals surface area contributed by atoms with Gasteiger partial charge in [0.25, 0.3) is 0 Å². The monoisotopic (exact) mass is 230 g/mol. The summed E-state index contributed by atoms with van der Waals surface area (Å²) in [6.07, 6.45) is 1.19. The van der Waals surface area contributed by atoms with Gasteiger partial charge in [0.1, 0.15) is 0 Å². The van der Waals surface area contributed by atoms with Crippen molar-refractivity contribution in [3.8, 4) is 0 Å². The first kappa shape index (κ1) is 12.8. The maximum atomic E-state index is 11.7. The van der Waals surface area contributed by atoms with E-state index >= 15 is 0 Å². The summed E-state index contributed by atoms with van der Waals surface area (Å²) in [6, 6.07) is 0.523. The number of nitrogens with zero attached hydrogens (tertiary/aromatic N) is 1. The van der Waals surface area contributed by atoms with E-state index in [0.717, 1.165) is 13.1 Å². The van der Waals surface area contributed by atoms with Crippen molar-refractivity contribution in [1.29, 1.82) is 0 Å². The Balaban J connectivity index is 2.26. The Morgan fingerprint density at radius 2 is 2.13 bits per heavy atom. The van der Waals surface area contributed by atoms with Gasteiger partial charge in [0.05, 0.1) is 6.54 Å². The highest BCUT2D eigenvalue weighted by Gasteiger charge is 2.24. The highest BCUT2D eigenvalue weighted by molar-refractivity contribution is 8.00. The number of rotatable bonds is 5. The Morgan fingerprint density at radius 3 is 2.60 bits per heavy atom. The molecule has 0 radical (unpaired) electrons. The second-order valence-corrected chi connectivity index (χ2v) is 5.40. The molecule has 0 aromatic rings. The zero-order chi connectivity index (χ0) is 11.3. The van der Waals surface area contributed by atoms with Gasteiger partial charge in [-0.25, -0.2) is 0 Å². The third-order valence-corrected chi connectivity index (χ3v) is 4.33. The van der Waals surface area contributed by atoms with Crippen molar-refractivity contribution in [1.82, 2.24) is 10.2 Å². The molecule has 1 fully saturated rings. The maximum absolute atomic E-state index is 11.7. The van der Waals surface area contributed by atoms with Crippen molar-refractivity contribution >= 4 is 17.7 Å². The minimum absolute atomic E-state index is 0.226. The molecule has 4 heteroatoms. The minimum atomic E-state index is 0.226. The third kappa shape index (κ3) is 3.68. The minimum Gasteiger partial charge on any atom is -0.342 e. The molecule has 2 unspecified atom stereocenters. The molecule has 0 aliphatic carbocycles. The number of carbonyl (C=O) groups excluding carboxylic acids is 1. The van der Waals surface area contributed by atoms with E-state index in [2.05, 4.69) is 12.2 Å². The first-order valence-electron chi connectivity index (χ1n) is 5.81. The van der Waals surface area contributed by atoms with Crippen molar-refractivity contribution < 1.29 is 4.79 Å². The van der Waals surface area contributed by atoms with E-state index in [4.69, 9.17) is 0 Å². The molecule has 1 heterocycles. The summed E-state index contributed by atoms with van der Waals surface area (Å²) < 4.78 is 0. The predicted octanol–water partition coefficient (Wildman–Crippen LogP) is 1.34. The molecule has 0 bridgehead atoms. The van der Waals surface area contributed by atoms with E-state index in [-0.39, 0.29) is 5.91 Å². The van der Waals surface area contributed by atoms with Crippen LogP contribution in [0.1, 0.15) is 27.2 Å². The van der Waals surface area contributed by atoms with Gasteiger partial charge in [-0.1, -0.05) is 6.92 Å². The van der Waals surface area contributed by atoms with Gasteiger partial charge in [0.2, 0.25) is 5.91 Å². The van der Waals surface area contributed by atoms with Crippen molar-refractivity contribution in [3.63, 3.8) is 0 Å². The van der Waals surface area contributed by atoms with Gasteiger partial charge in [0, 0.05) is 24.4 Å². The van der Waals surface area contributed by atoms with Crippen LogP contribution in [0.3, 0.4) is 0 Å². The number of hydrogen-bond donors (Lipinski definition) is 1. The van der Waals surface area contributed by atoms with Crippen LogP contribution in [0.2, 0.25) is 0 Å². The zero-order valence-corrected chi connectivity index (χ0v) is 10.8. The summed E-state index contributed by atoms with van der Waals surface area (Å²) in [5.74, 6) is 1.45. The van der Waals surface area contributed by atoms with Crippen LogP contribution in [0.25, 0.3) is 0 Å². The smallest absolute Gasteiger partial charge is 0.236 e. The molecular weight excluding hydrogens is 208 g/mol. The third-order valence-electron chi connectivity index (χ3n) is 3.01. The number of carbonyl (C=O) groups is 1. The molecule has 15 heavy (non-hydrogen) atoms. The van der Waals surface area contributed by atoms with Gasteiger partial charge in [-0.3, -0.25) is 4.79 Å². The van der Waals surface area contributed by atoms with Gasteiger partial charge >= 0.3 is 0 Å². The van der Waals surface area contributed by atoms with Gasteiger partial charge in [-0.2, -0.15) is 11.8 Å². The number of likely N-dealkylation sites (N-methyl/N-ethyl adjacent to an activating group) is 1. The Hall–Kier alpha value is -0.220. The van der Waals surface area contributed by atoms with Crippen molar-refractivity contribution in [2.75, 3.05) is 25.4 Å². The summed E-state index contributed by atoms with van der Waals surface area (Å²) in [5, 5.41) is 4.02. The lowest BCUT2D eigenvalue weighted by atomic mass is 10.2.